The van der Waals surface area contributed by atoms with Crippen molar-refractivity contribution in [3.05, 3.63) is 77.9 Å². The van der Waals surface area contributed by atoms with E-state index in [2.05, 4.69) is 15.0 Å². The molecule has 1 aromatic heterocycles. The van der Waals surface area contributed by atoms with Gasteiger partial charge in [0.25, 0.3) is 15.9 Å². The third-order valence-electron chi connectivity index (χ3n) is 5.84. The number of hydrogen-bond acceptors (Lipinski definition) is 5. The first-order chi connectivity index (χ1) is 18.0. The van der Waals surface area contributed by atoms with Gasteiger partial charge < -0.3 is 9.47 Å². The van der Waals surface area contributed by atoms with Gasteiger partial charge in [-0.15, -0.1) is 0 Å². The van der Waals surface area contributed by atoms with Crippen molar-refractivity contribution in [2.75, 3.05) is 22.0 Å². The highest BCUT2D eigenvalue weighted by molar-refractivity contribution is 7.92. The van der Waals surface area contributed by atoms with Gasteiger partial charge in [0.1, 0.15) is 11.6 Å². The molecule has 0 aliphatic heterocycles. The summed E-state index contributed by atoms with van der Waals surface area (Å²) in [5, 5.41) is 2.70. The first kappa shape index (κ1) is 26.7. The van der Waals surface area contributed by atoms with Crippen LogP contribution in [-0.4, -0.2) is 36.8 Å². The number of aryl methyl sites for hydroxylation is 1. The molecular weight excluding hydrogens is 516 g/mol. The number of nitrogens with one attached hydrogen (secondary N) is 2. The zero-order chi connectivity index (χ0) is 27.6. The number of hydrogen-bond donors (Lipinski definition) is 2. The fourth-order valence-corrected chi connectivity index (χ4v) is 4.90. The minimum Gasteiger partial charge on any atom is -0.316 e. The van der Waals surface area contributed by atoms with Gasteiger partial charge in [-0.3, -0.25) is 19.6 Å². The molecule has 0 saturated heterocycles. The van der Waals surface area contributed by atoms with Gasteiger partial charge in [0.15, 0.2) is 0 Å². The first-order valence-electron chi connectivity index (χ1n) is 11.6. The second-order valence-corrected chi connectivity index (χ2v) is 10.2. The molecule has 0 atom stereocenters. The highest BCUT2D eigenvalue weighted by Crippen LogP contribution is 2.26. The van der Waals surface area contributed by atoms with E-state index in [9.17, 15) is 26.8 Å². The molecule has 0 unspecified atom stereocenters. The van der Waals surface area contributed by atoms with Crippen LogP contribution in [0.4, 0.5) is 26.1 Å². The summed E-state index contributed by atoms with van der Waals surface area (Å²) >= 11 is 0. The molecule has 1 heterocycles. The molecule has 198 valence electrons. The molecule has 0 aliphatic rings. The molecule has 0 bridgehead atoms. The van der Waals surface area contributed by atoms with Crippen LogP contribution in [0.5, 0.6) is 0 Å². The molecule has 0 aliphatic carbocycles. The minimum atomic E-state index is -4.31. The lowest BCUT2D eigenvalue weighted by Crippen LogP contribution is -2.22. The second-order valence-electron chi connectivity index (χ2n) is 8.55. The number of carbonyl (C=O) groups is 2. The first-order valence-corrected chi connectivity index (χ1v) is 13.1. The number of carbonyl (C=O) groups excluding carboxylic acids is 2. The molecule has 38 heavy (non-hydrogen) atoms. The summed E-state index contributed by atoms with van der Waals surface area (Å²) in [7, 11) is -2.67. The summed E-state index contributed by atoms with van der Waals surface area (Å²) in [5.41, 5.74) is 1.43. The van der Waals surface area contributed by atoms with Gasteiger partial charge in [-0.2, -0.15) is 0 Å². The fourth-order valence-electron chi connectivity index (χ4n) is 3.81. The maximum atomic E-state index is 14.5. The van der Waals surface area contributed by atoms with Gasteiger partial charge >= 0.3 is 0 Å². The van der Waals surface area contributed by atoms with Crippen LogP contribution in [0.3, 0.4) is 0 Å². The molecule has 4 aromatic rings. The summed E-state index contributed by atoms with van der Waals surface area (Å²) in [4.78, 5) is 30.4. The monoisotopic (exact) mass is 541 g/mol. The lowest BCUT2D eigenvalue weighted by molar-refractivity contribution is -0.116. The average molecular weight is 542 g/mol. The maximum Gasteiger partial charge on any atom is 0.262 e. The molecule has 3 aromatic carbocycles. The Labute approximate surface area is 218 Å². The van der Waals surface area contributed by atoms with Crippen LogP contribution < -0.4 is 14.9 Å². The topological polar surface area (TPSA) is 113 Å². The van der Waals surface area contributed by atoms with Crippen LogP contribution in [0.2, 0.25) is 0 Å². The van der Waals surface area contributed by atoms with E-state index in [1.54, 1.807) is 25.2 Å². The standard InChI is InChI=1S/C26H25F2N5O4S/c1-4-12-33-24-11-9-19(32(3)16(2)34)15-23(24)29-26(33)30-25(35)17-8-10-21(28)22(13-17)31-38(36,37)20-7-5-6-18(27)14-20/h5-11,13-15,31H,4,12H2,1-3H3,(H,29,30,35). The quantitative estimate of drug-likeness (QED) is 0.334. The van der Waals surface area contributed by atoms with Gasteiger partial charge in [0, 0.05) is 31.8 Å². The average Bonchev–Trinajstić information content (AvgIpc) is 3.20. The molecular formula is C26H25F2N5O4S. The molecule has 0 fully saturated rings. The third kappa shape index (κ3) is 5.49. The SMILES string of the molecule is CCCn1c(NC(=O)c2ccc(F)c(NS(=O)(=O)c3cccc(F)c3)c2)nc2cc(N(C)C(C)=O)ccc21. The molecule has 2 amide bonds. The Morgan fingerprint density at radius 1 is 1.05 bits per heavy atom. The number of nitrogens with zero attached hydrogens (tertiary/aromatic N) is 3. The van der Waals surface area contributed by atoms with Crippen LogP contribution in [-0.2, 0) is 21.4 Å². The lowest BCUT2D eigenvalue weighted by Gasteiger charge is -2.14. The van der Waals surface area contributed by atoms with Crippen molar-refractivity contribution in [3.8, 4) is 0 Å². The molecule has 0 saturated carbocycles. The number of fused-ring (bicyclic) bond motifs is 1. The molecule has 0 spiro atoms. The Kier molecular flexibility index (Phi) is 7.44. The van der Waals surface area contributed by atoms with Crippen molar-refractivity contribution in [1.82, 2.24) is 9.55 Å². The number of benzene rings is 3. The highest BCUT2D eigenvalue weighted by atomic mass is 32.2. The Morgan fingerprint density at radius 2 is 1.82 bits per heavy atom. The maximum absolute atomic E-state index is 14.5. The number of anilines is 3. The molecule has 9 nitrogen and oxygen atoms in total. The predicted molar refractivity (Wildman–Crippen MR) is 141 cm³/mol. The van der Waals surface area contributed by atoms with E-state index < -0.39 is 38.1 Å². The lowest BCUT2D eigenvalue weighted by atomic mass is 10.2. The summed E-state index contributed by atoms with van der Waals surface area (Å²) in [6.45, 7) is 3.95. The van der Waals surface area contributed by atoms with E-state index in [0.29, 0.717) is 17.7 Å². The van der Waals surface area contributed by atoms with E-state index in [1.165, 1.54) is 24.0 Å². The number of halogens is 2. The van der Waals surface area contributed by atoms with Gasteiger partial charge in [-0.1, -0.05) is 13.0 Å². The minimum absolute atomic E-state index is 0.0320. The van der Waals surface area contributed by atoms with Crippen molar-refractivity contribution in [1.29, 1.82) is 0 Å². The van der Waals surface area contributed by atoms with Gasteiger partial charge in [0.05, 0.1) is 21.6 Å². The molecule has 0 radical (unpaired) electrons. The van der Waals surface area contributed by atoms with Crippen molar-refractivity contribution in [2.45, 2.75) is 31.7 Å². The number of amides is 2. The molecule has 2 N–H and O–H groups in total. The van der Waals surface area contributed by atoms with Crippen molar-refractivity contribution < 1.29 is 26.8 Å². The van der Waals surface area contributed by atoms with E-state index >= 15 is 0 Å². The Morgan fingerprint density at radius 3 is 2.50 bits per heavy atom. The number of aromatic nitrogens is 2. The molecule has 4 rings (SSSR count). The smallest absolute Gasteiger partial charge is 0.262 e. The van der Waals surface area contributed by atoms with Crippen LogP contribution in [0, 0.1) is 11.6 Å². The van der Waals surface area contributed by atoms with Crippen LogP contribution in [0.1, 0.15) is 30.6 Å². The van der Waals surface area contributed by atoms with Gasteiger partial charge in [0.2, 0.25) is 11.9 Å². The Bertz CT molecular complexity index is 1650. The van der Waals surface area contributed by atoms with E-state index in [4.69, 9.17) is 0 Å². The largest absolute Gasteiger partial charge is 0.316 e. The van der Waals surface area contributed by atoms with E-state index in [0.717, 1.165) is 42.3 Å². The van der Waals surface area contributed by atoms with Crippen molar-refractivity contribution >= 4 is 50.2 Å². The van der Waals surface area contributed by atoms with Crippen molar-refractivity contribution in [2.24, 2.45) is 0 Å². The normalized spacial score (nSPS) is 11.4. The second kappa shape index (κ2) is 10.6. The molecule has 12 heteroatoms. The summed E-state index contributed by atoms with van der Waals surface area (Å²) in [6.07, 6.45) is 0.742. The zero-order valence-corrected chi connectivity index (χ0v) is 21.6. The van der Waals surface area contributed by atoms with Crippen LogP contribution >= 0.6 is 0 Å². The van der Waals surface area contributed by atoms with Gasteiger partial charge in [-0.05, 0) is 61.0 Å². The fraction of sp³-hybridized carbons (Fsp3) is 0.192. The van der Waals surface area contributed by atoms with Gasteiger partial charge in [-0.25, -0.2) is 22.2 Å². The predicted octanol–water partition coefficient (Wildman–Crippen LogP) is 4.76. The van der Waals surface area contributed by atoms with E-state index in [1.807, 2.05) is 11.5 Å². The number of imidazole rings is 1. The number of rotatable bonds is 8. The van der Waals surface area contributed by atoms with Crippen molar-refractivity contribution in [3.63, 3.8) is 0 Å². The summed E-state index contributed by atoms with van der Waals surface area (Å²) in [5.74, 6) is -2.24. The summed E-state index contributed by atoms with van der Waals surface area (Å²) < 4.78 is 57.1. The Balaban J connectivity index is 1.64. The summed E-state index contributed by atoms with van der Waals surface area (Å²) in [6, 6.07) is 12.8. The van der Waals surface area contributed by atoms with E-state index in [-0.39, 0.29) is 17.4 Å². The number of sulfonamides is 1. The third-order valence-corrected chi connectivity index (χ3v) is 7.21. The zero-order valence-electron chi connectivity index (χ0n) is 20.8. The van der Waals surface area contributed by atoms with Crippen LogP contribution in [0.15, 0.2) is 65.6 Å². The highest BCUT2D eigenvalue weighted by Gasteiger charge is 2.20. The van der Waals surface area contributed by atoms with Crippen LogP contribution in [0.25, 0.3) is 11.0 Å². The Hall–Kier alpha value is -4.32.